The molecule has 0 fully saturated rings. The maximum absolute atomic E-state index is 11.9. The average molecular weight is 303 g/mol. The number of ether oxygens (including phenoxy) is 1. The van der Waals surface area contributed by atoms with E-state index in [9.17, 15) is 4.79 Å². The van der Waals surface area contributed by atoms with Gasteiger partial charge in [0.2, 0.25) is 0 Å². The molecule has 0 rings (SSSR count). The normalized spacial score (nSPS) is 14.3. The molecule has 0 saturated carbocycles. The molecule has 18 heavy (non-hydrogen) atoms. The first kappa shape index (κ1) is 17.9. The van der Waals surface area contributed by atoms with Gasteiger partial charge in [0.25, 0.3) is 0 Å². The van der Waals surface area contributed by atoms with Gasteiger partial charge in [-0.2, -0.15) is 0 Å². The zero-order valence-corrected chi connectivity index (χ0v) is 16.6. The van der Waals surface area contributed by atoms with Gasteiger partial charge in [0, 0.05) is 6.08 Å². The summed E-state index contributed by atoms with van der Waals surface area (Å²) in [7, 11) is -4.96. The lowest BCUT2D eigenvalue weighted by Crippen LogP contribution is -2.79. The lowest BCUT2D eigenvalue weighted by Gasteiger charge is -2.57. The van der Waals surface area contributed by atoms with Crippen molar-refractivity contribution in [1.29, 1.82) is 0 Å². The van der Waals surface area contributed by atoms with Gasteiger partial charge in [0.05, 0.1) is 28.7 Å². The van der Waals surface area contributed by atoms with Crippen LogP contribution < -0.4 is 0 Å². The summed E-state index contributed by atoms with van der Waals surface area (Å²) >= 11 is 0. The van der Waals surface area contributed by atoms with E-state index < -0.39 is 24.2 Å². The van der Waals surface area contributed by atoms with Crippen molar-refractivity contribution in [3.63, 3.8) is 0 Å². The van der Waals surface area contributed by atoms with Crippen molar-refractivity contribution in [1.82, 2.24) is 0 Å². The number of carbonyl (C=O) groups excluding carboxylic acids is 1. The van der Waals surface area contributed by atoms with Gasteiger partial charge in [-0.25, -0.2) is 4.79 Å². The van der Waals surface area contributed by atoms with Gasteiger partial charge in [0.15, 0.2) is 0 Å². The third-order valence-corrected chi connectivity index (χ3v) is 23.7. The van der Waals surface area contributed by atoms with Crippen LogP contribution in [0, 0.1) is 0 Å². The van der Waals surface area contributed by atoms with E-state index >= 15 is 0 Å². The number of rotatable bonds is 5. The van der Waals surface area contributed by atoms with Gasteiger partial charge in [-0.15, -0.1) is 0 Å². The molecule has 0 aliphatic carbocycles. The highest BCUT2D eigenvalue weighted by molar-refractivity contribution is 7.14. The maximum Gasteiger partial charge on any atom is 0.329 e. The molecule has 106 valence electrons. The molecule has 0 N–H and O–H groups in total. The fourth-order valence-electron chi connectivity index (χ4n) is 4.03. The largest absolute Gasteiger partial charge is 0.467 e. The number of hydrogen-bond acceptors (Lipinski definition) is 2. The van der Waals surface area contributed by atoms with Crippen LogP contribution in [0.15, 0.2) is 12.7 Å². The van der Waals surface area contributed by atoms with Crippen LogP contribution in [0.3, 0.4) is 0 Å². The summed E-state index contributed by atoms with van der Waals surface area (Å²) in [6, 6.07) is 0. The quantitative estimate of drug-likeness (QED) is 0.434. The van der Waals surface area contributed by atoms with Gasteiger partial charge in [0.1, 0.15) is 0 Å². The van der Waals surface area contributed by atoms with E-state index in [4.69, 9.17) is 4.74 Å². The molecule has 0 heterocycles. The van der Waals surface area contributed by atoms with Crippen molar-refractivity contribution >= 4 is 30.2 Å². The predicted octanol–water partition coefficient (Wildman–Crippen LogP) is 4.09. The Balaban J connectivity index is 6.08. The van der Waals surface area contributed by atoms with Crippen molar-refractivity contribution in [3.8, 4) is 0 Å². The first-order chi connectivity index (χ1) is 7.70. The lowest BCUT2D eigenvalue weighted by atomic mass is 10.7. The summed E-state index contributed by atoms with van der Waals surface area (Å²) in [5, 5.41) is 0. The fraction of sp³-hybridized carbons (Fsp3) is 0.769. The summed E-state index contributed by atoms with van der Waals surface area (Å²) in [4.78, 5) is 11.9. The van der Waals surface area contributed by atoms with Gasteiger partial charge >= 0.3 is 5.97 Å². The first-order valence-electron chi connectivity index (χ1n) is 6.56. The van der Waals surface area contributed by atoms with Crippen molar-refractivity contribution in [2.75, 3.05) is 0 Å². The Morgan fingerprint density at radius 1 is 0.889 bits per heavy atom. The monoisotopic (exact) mass is 302 g/mol. The minimum absolute atomic E-state index is 0.168. The van der Waals surface area contributed by atoms with Crippen LogP contribution in [0.2, 0.25) is 58.9 Å². The summed E-state index contributed by atoms with van der Waals surface area (Å²) < 4.78 is 5.94. The molecule has 0 aliphatic heterocycles. The Labute approximate surface area is 116 Å². The van der Waals surface area contributed by atoms with Crippen LogP contribution in [-0.4, -0.2) is 34.7 Å². The Morgan fingerprint density at radius 2 is 1.17 bits per heavy atom. The van der Waals surface area contributed by atoms with Crippen molar-refractivity contribution in [2.45, 2.75) is 63.4 Å². The zero-order chi connectivity index (χ0) is 15.0. The van der Waals surface area contributed by atoms with Crippen molar-refractivity contribution in [2.24, 2.45) is 0 Å². The molecule has 5 heteroatoms. The lowest BCUT2D eigenvalue weighted by molar-refractivity contribution is -0.139. The fourth-order valence-corrected chi connectivity index (χ4v) is 32.2. The highest BCUT2D eigenvalue weighted by Gasteiger charge is 2.62. The topological polar surface area (TPSA) is 26.3 Å². The SMILES string of the molecule is C=CC(=O)OC([Si](C)(C)C)([Si](C)(C)C)[Si](C)(C)C. The van der Waals surface area contributed by atoms with Crippen LogP contribution in [-0.2, 0) is 9.53 Å². The van der Waals surface area contributed by atoms with Crippen LogP contribution in [0.5, 0.6) is 0 Å². The average Bonchev–Trinajstić information content (AvgIpc) is 2.07. The minimum Gasteiger partial charge on any atom is -0.467 e. The van der Waals surface area contributed by atoms with E-state index in [2.05, 4.69) is 65.5 Å². The van der Waals surface area contributed by atoms with Crippen molar-refractivity contribution in [3.05, 3.63) is 12.7 Å². The third-order valence-electron chi connectivity index (χ3n) is 3.59. The Bertz CT molecular complexity index is 294. The molecule has 0 saturated heterocycles. The molecule has 2 nitrogen and oxygen atoms in total. The molecular weight excluding hydrogens is 272 g/mol. The van der Waals surface area contributed by atoms with Crippen LogP contribution >= 0.6 is 0 Å². The molecule has 0 aromatic heterocycles. The van der Waals surface area contributed by atoms with Gasteiger partial charge in [-0.1, -0.05) is 65.5 Å². The zero-order valence-electron chi connectivity index (χ0n) is 13.6. The third kappa shape index (κ3) is 3.05. The highest BCUT2D eigenvalue weighted by Crippen LogP contribution is 2.42. The molecule has 0 bridgehead atoms. The second-order valence-corrected chi connectivity index (χ2v) is 25.2. The van der Waals surface area contributed by atoms with Crippen LogP contribution in [0.1, 0.15) is 0 Å². The molecule has 0 spiro atoms. The second-order valence-electron chi connectivity index (χ2n) is 8.06. The first-order valence-corrected chi connectivity index (χ1v) is 17.1. The molecule has 0 radical (unpaired) electrons. The van der Waals surface area contributed by atoms with E-state index in [0.29, 0.717) is 0 Å². The Morgan fingerprint density at radius 3 is 1.33 bits per heavy atom. The summed E-state index contributed by atoms with van der Waals surface area (Å²) in [5.41, 5.74) is 0. The second kappa shape index (κ2) is 5.09. The molecule has 0 aliphatic rings. The molecule has 0 aromatic carbocycles. The Kier molecular flexibility index (Phi) is 5.05. The molecule has 0 atom stereocenters. The number of carbonyl (C=O) groups is 1. The summed E-state index contributed by atoms with van der Waals surface area (Å²) in [6.45, 7) is 24.6. The van der Waals surface area contributed by atoms with E-state index in [1.54, 1.807) is 0 Å². The van der Waals surface area contributed by atoms with Gasteiger partial charge in [-0.05, 0) is 0 Å². The predicted molar refractivity (Wildman–Crippen MR) is 89.1 cm³/mol. The standard InChI is InChI=1S/C13H30O2Si3/c1-11-12(14)15-13(16(2,3)4,17(5,6)7)18(8,9)10/h11H,1H2,2-10H3. The number of hydrogen-bond donors (Lipinski definition) is 0. The van der Waals surface area contributed by atoms with E-state index in [0.717, 1.165) is 0 Å². The van der Waals surface area contributed by atoms with Gasteiger partial charge < -0.3 is 4.74 Å². The van der Waals surface area contributed by atoms with E-state index in [-0.39, 0.29) is 10.4 Å². The molecule has 0 unspecified atom stereocenters. The maximum atomic E-state index is 11.9. The van der Waals surface area contributed by atoms with Crippen molar-refractivity contribution < 1.29 is 9.53 Å². The van der Waals surface area contributed by atoms with Gasteiger partial charge in [-0.3, -0.25) is 0 Å². The molecule has 0 aromatic rings. The summed E-state index contributed by atoms with van der Waals surface area (Å²) in [6.07, 6.45) is 1.31. The molecular formula is C13H30O2Si3. The number of esters is 1. The Hall–Kier alpha value is -0.139. The minimum atomic E-state index is -1.65. The molecule has 0 amide bonds. The van der Waals surface area contributed by atoms with E-state index in [1.807, 2.05) is 0 Å². The van der Waals surface area contributed by atoms with Crippen LogP contribution in [0.25, 0.3) is 0 Å². The smallest absolute Gasteiger partial charge is 0.329 e. The van der Waals surface area contributed by atoms with Crippen LogP contribution in [0.4, 0.5) is 0 Å². The highest BCUT2D eigenvalue weighted by atomic mass is 28.5. The summed E-state index contributed by atoms with van der Waals surface area (Å²) in [5.74, 6) is -0.248. The van der Waals surface area contributed by atoms with E-state index in [1.165, 1.54) is 6.08 Å².